The zero-order chi connectivity index (χ0) is 23.3. The molecule has 0 bridgehead atoms. The van der Waals surface area contributed by atoms with Crippen LogP contribution in [0.3, 0.4) is 0 Å². The third kappa shape index (κ3) is 6.18. The van der Waals surface area contributed by atoms with E-state index in [1.54, 1.807) is 30.3 Å². The van der Waals surface area contributed by atoms with Crippen LogP contribution in [0.1, 0.15) is 16.7 Å². The Hall–Kier alpha value is -2.32. The van der Waals surface area contributed by atoms with Gasteiger partial charge in [0.15, 0.2) is 0 Å². The molecule has 0 aromatic heterocycles. The van der Waals surface area contributed by atoms with Crippen molar-refractivity contribution in [3.8, 4) is 0 Å². The summed E-state index contributed by atoms with van der Waals surface area (Å²) < 4.78 is 45.5. The lowest BCUT2D eigenvalue weighted by Crippen LogP contribution is -2.53. The average Bonchev–Trinajstić information content (AvgIpc) is 2.81. The fourth-order valence-electron chi connectivity index (χ4n) is 4.27. The predicted molar refractivity (Wildman–Crippen MR) is 124 cm³/mol. The van der Waals surface area contributed by atoms with Crippen molar-refractivity contribution in [1.29, 1.82) is 0 Å². The van der Waals surface area contributed by atoms with Crippen LogP contribution in [0.5, 0.6) is 0 Å². The van der Waals surface area contributed by atoms with E-state index in [0.29, 0.717) is 30.8 Å². The maximum Gasteiger partial charge on any atom is 0.446 e. The summed E-state index contributed by atoms with van der Waals surface area (Å²) in [6.45, 7) is 2.34. The van der Waals surface area contributed by atoms with Gasteiger partial charge in [-0.3, -0.25) is 4.90 Å². The van der Waals surface area contributed by atoms with E-state index in [-0.39, 0.29) is 23.1 Å². The molecule has 0 unspecified atom stereocenters. The van der Waals surface area contributed by atoms with Crippen LogP contribution in [0, 0.1) is 0 Å². The molecule has 1 N–H and O–H groups in total. The van der Waals surface area contributed by atoms with Crippen LogP contribution in [0.2, 0.25) is 0 Å². The van der Waals surface area contributed by atoms with E-state index in [1.165, 1.54) is 6.07 Å². The second-order valence-corrected chi connectivity index (χ2v) is 9.31. The van der Waals surface area contributed by atoms with Crippen molar-refractivity contribution in [2.45, 2.75) is 35.1 Å². The molecule has 0 aliphatic carbocycles. The van der Waals surface area contributed by atoms with Crippen LogP contribution >= 0.6 is 11.8 Å². The lowest BCUT2D eigenvalue weighted by atomic mass is 9.81. The van der Waals surface area contributed by atoms with Crippen LogP contribution in [0.25, 0.3) is 0 Å². The molecule has 4 rings (SSSR count). The number of rotatable bonds is 7. The summed E-state index contributed by atoms with van der Waals surface area (Å²) in [6.07, 6.45) is -0.582. The van der Waals surface area contributed by atoms with Crippen molar-refractivity contribution >= 4 is 11.8 Å². The smallest absolute Gasteiger partial charge is 0.382 e. The van der Waals surface area contributed by atoms with Crippen LogP contribution < -0.4 is 0 Å². The molecule has 1 aliphatic rings. The molecule has 3 aromatic carbocycles. The quantitative estimate of drug-likeness (QED) is 0.451. The zero-order valence-corrected chi connectivity index (χ0v) is 18.9. The normalized spacial score (nSPS) is 19.2. The minimum Gasteiger partial charge on any atom is -0.382 e. The highest BCUT2D eigenvalue weighted by Gasteiger charge is 2.43. The van der Waals surface area contributed by atoms with Crippen molar-refractivity contribution in [3.05, 3.63) is 102 Å². The molecule has 7 heteroatoms. The summed E-state index contributed by atoms with van der Waals surface area (Å²) in [5.41, 5.74) is -3.67. The molecule has 1 heterocycles. The summed E-state index contributed by atoms with van der Waals surface area (Å²) in [6, 6.07) is 25.5. The van der Waals surface area contributed by atoms with E-state index in [0.717, 1.165) is 12.1 Å². The third-order valence-corrected chi connectivity index (χ3v) is 6.71. The third-order valence-electron chi connectivity index (χ3n) is 5.86. The van der Waals surface area contributed by atoms with Gasteiger partial charge in [-0.05, 0) is 34.5 Å². The van der Waals surface area contributed by atoms with Gasteiger partial charge in [0.1, 0.15) is 11.7 Å². The molecule has 1 saturated heterocycles. The molecule has 1 fully saturated rings. The number of halogens is 3. The van der Waals surface area contributed by atoms with Gasteiger partial charge >= 0.3 is 5.51 Å². The first-order valence-corrected chi connectivity index (χ1v) is 11.6. The minimum absolute atomic E-state index is 0.0140. The number of nitrogens with zero attached hydrogens (tertiary/aromatic N) is 1. The maximum atomic E-state index is 13.2. The zero-order valence-electron chi connectivity index (χ0n) is 18.0. The number of ether oxygens (including phenoxy) is 1. The van der Waals surface area contributed by atoms with E-state index >= 15 is 0 Å². The van der Waals surface area contributed by atoms with Crippen LogP contribution in [-0.4, -0.2) is 41.3 Å². The first kappa shape index (κ1) is 23.8. The highest BCUT2D eigenvalue weighted by Crippen LogP contribution is 2.41. The molecule has 0 radical (unpaired) electrons. The van der Waals surface area contributed by atoms with Crippen molar-refractivity contribution < 1.29 is 23.0 Å². The molecule has 0 saturated carbocycles. The molecule has 174 valence electrons. The number of thioether (sulfide) groups is 1. The summed E-state index contributed by atoms with van der Waals surface area (Å²) in [5.74, 6) is 0. The van der Waals surface area contributed by atoms with Crippen LogP contribution in [0.4, 0.5) is 13.2 Å². The van der Waals surface area contributed by atoms with Gasteiger partial charge in [0.25, 0.3) is 0 Å². The Balaban J connectivity index is 1.63. The topological polar surface area (TPSA) is 32.7 Å². The number of hydrogen-bond acceptors (Lipinski definition) is 4. The number of hydrogen-bond donors (Lipinski definition) is 1. The molecular formula is C26H26F3NO2S. The van der Waals surface area contributed by atoms with E-state index in [2.05, 4.69) is 17.0 Å². The van der Waals surface area contributed by atoms with Gasteiger partial charge in [0, 0.05) is 31.0 Å². The fraction of sp³-hybridized carbons (Fsp3) is 0.308. The SMILES string of the molecule is O[C@](Cc1ccccc1SC(F)(F)F)(c1ccccc1)[C@@H]1CN(Cc2ccccc2)CCO1. The Kier molecular flexibility index (Phi) is 7.44. The lowest BCUT2D eigenvalue weighted by molar-refractivity contribution is -0.150. The first-order chi connectivity index (χ1) is 15.8. The highest BCUT2D eigenvalue weighted by molar-refractivity contribution is 8.00. The standard InChI is InChI=1S/C26H26F3NO2S/c27-26(28,29)33-23-14-8-7-11-21(23)17-25(31,22-12-5-2-6-13-22)24-19-30(15-16-32-24)18-20-9-3-1-4-10-20/h1-14,24,31H,15-19H2/t24-,25+/m0/s1. The van der Waals surface area contributed by atoms with Gasteiger partial charge in [0.2, 0.25) is 0 Å². The largest absolute Gasteiger partial charge is 0.446 e. The van der Waals surface area contributed by atoms with Crippen LogP contribution in [0.15, 0.2) is 89.8 Å². The van der Waals surface area contributed by atoms with E-state index in [9.17, 15) is 18.3 Å². The van der Waals surface area contributed by atoms with Gasteiger partial charge < -0.3 is 9.84 Å². The minimum atomic E-state index is -4.41. The summed E-state index contributed by atoms with van der Waals surface area (Å²) in [7, 11) is 0. The van der Waals surface area contributed by atoms with Gasteiger partial charge in [-0.15, -0.1) is 0 Å². The maximum absolute atomic E-state index is 13.2. The molecule has 2 atom stereocenters. The lowest BCUT2D eigenvalue weighted by Gasteiger charge is -2.43. The second kappa shape index (κ2) is 10.3. The van der Waals surface area contributed by atoms with Gasteiger partial charge in [0.05, 0.1) is 6.61 Å². The van der Waals surface area contributed by atoms with Crippen molar-refractivity contribution in [1.82, 2.24) is 4.90 Å². The van der Waals surface area contributed by atoms with Crippen molar-refractivity contribution in [2.75, 3.05) is 19.7 Å². The molecule has 3 aromatic rings. The predicted octanol–water partition coefficient (Wildman–Crippen LogP) is 5.63. The summed E-state index contributed by atoms with van der Waals surface area (Å²) in [5, 5.41) is 12.0. The highest BCUT2D eigenvalue weighted by atomic mass is 32.2. The van der Waals surface area contributed by atoms with E-state index in [1.807, 2.05) is 36.4 Å². The summed E-state index contributed by atoms with van der Waals surface area (Å²) >= 11 is -0.150. The Morgan fingerprint density at radius 3 is 2.24 bits per heavy atom. The molecule has 3 nitrogen and oxygen atoms in total. The van der Waals surface area contributed by atoms with Crippen molar-refractivity contribution in [3.63, 3.8) is 0 Å². The molecule has 33 heavy (non-hydrogen) atoms. The Morgan fingerprint density at radius 1 is 0.909 bits per heavy atom. The molecular weight excluding hydrogens is 447 g/mol. The van der Waals surface area contributed by atoms with Gasteiger partial charge in [-0.25, -0.2) is 0 Å². The number of morpholine rings is 1. The Bertz CT molecular complexity index is 1030. The molecule has 0 amide bonds. The summed E-state index contributed by atoms with van der Waals surface area (Å²) in [4.78, 5) is 2.31. The fourth-order valence-corrected chi connectivity index (χ4v) is 4.94. The monoisotopic (exact) mass is 473 g/mol. The average molecular weight is 474 g/mol. The Morgan fingerprint density at radius 2 is 1.55 bits per heavy atom. The van der Waals surface area contributed by atoms with Gasteiger partial charge in [-0.1, -0.05) is 78.9 Å². The van der Waals surface area contributed by atoms with Gasteiger partial charge in [-0.2, -0.15) is 13.2 Å². The molecule has 1 aliphatic heterocycles. The van der Waals surface area contributed by atoms with Crippen LogP contribution in [-0.2, 0) is 23.3 Å². The number of alkyl halides is 3. The van der Waals surface area contributed by atoms with E-state index < -0.39 is 17.2 Å². The molecule has 0 spiro atoms. The number of aliphatic hydroxyl groups is 1. The Labute approximate surface area is 196 Å². The first-order valence-electron chi connectivity index (χ1n) is 10.8. The van der Waals surface area contributed by atoms with E-state index in [4.69, 9.17) is 4.74 Å². The number of benzene rings is 3. The second-order valence-electron chi connectivity index (χ2n) is 8.20. The van der Waals surface area contributed by atoms with Crippen molar-refractivity contribution in [2.24, 2.45) is 0 Å².